The average molecular weight is 668 g/mol. The lowest BCUT2D eigenvalue weighted by molar-refractivity contribution is -0.140. The molecule has 1 aliphatic carbocycles. The molecular weight excluding hydrogens is 632 g/mol. The Kier molecular flexibility index (Phi) is 8.86. The highest BCUT2D eigenvalue weighted by Crippen LogP contribution is 2.47. The molecule has 5 rings (SSSR count). The SMILES string of the molecule is COc1ccc(N(C)c2nc(C(F)(F)F)cs2)cc1C1=C(CN2C(=O)O[C@H](c3cc(C)cc(C(F)(F)F)c3)[C@@H]2C)CC(C)(C)CC1. The first-order valence-electron chi connectivity index (χ1n) is 14.7. The van der Waals surface area contributed by atoms with Crippen LogP contribution in [0.15, 0.2) is 47.4 Å². The van der Waals surface area contributed by atoms with Crippen LogP contribution in [0, 0.1) is 12.3 Å². The van der Waals surface area contributed by atoms with E-state index < -0.39 is 41.8 Å². The van der Waals surface area contributed by atoms with Crippen molar-refractivity contribution in [2.75, 3.05) is 25.6 Å². The first kappa shape index (κ1) is 33.6. The highest BCUT2D eigenvalue weighted by Gasteiger charge is 2.42. The third kappa shape index (κ3) is 6.84. The number of methoxy groups -OCH3 is 1. The van der Waals surface area contributed by atoms with Crippen LogP contribution in [-0.2, 0) is 17.1 Å². The highest BCUT2D eigenvalue weighted by molar-refractivity contribution is 7.13. The minimum Gasteiger partial charge on any atom is -0.496 e. The molecule has 0 bridgehead atoms. The molecule has 1 fully saturated rings. The third-order valence-corrected chi connectivity index (χ3v) is 9.56. The monoisotopic (exact) mass is 667 g/mol. The van der Waals surface area contributed by atoms with Crippen molar-refractivity contribution in [2.24, 2.45) is 5.41 Å². The second-order valence-corrected chi connectivity index (χ2v) is 13.5. The van der Waals surface area contributed by atoms with E-state index in [1.54, 1.807) is 48.9 Å². The lowest BCUT2D eigenvalue weighted by Gasteiger charge is -2.36. The van der Waals surface area contributed by atoms with Gasteiger partial charge in [-0.3, -0.25) is 4.90 Å². The van der Waals surface area contributed by atoms with Crippen molar-refractivity contribution in [1.82, 2.24) is 9.88 Å². The normalized spacial score (nSPS) is 20.3. The van der Waals surface area contributed by atoms with E-state index in [2.05, 4.69) is 18.8 Å². The molecule has 0 N–H and O–H groups in total. The van der Waals surface area contributed by atoms with Crippen LogP contribution >= 0.6 is 11.3 Å². The van der Waals surface area contributed by atoms with Crippen molar-refractivity contribution in [3.63, 3.8) is 0 Å². The maximum Gasteiger partial charge on any atom is 0.434 e. The van der Waals surface area contributed by atoms with E-state index in [1.165, 1.54) is 7.11 Å². The van der Waals surface area contributed by atoms with E-state index >= 15 is 0 Å². The summed E-state index contributed by atoms with van der Waals surface area (Å²) in [6.07, 6.45) is -8.48. The van der Waals surface area contributed by atoms with E-state index in [1.807, 2.05) is 6.07 Å². The van der Waals surface area contributed by atoms with Crippen LogP contribution in [0.1, 0.15) is 74.1 Å². The second kappa shape index (κ2) is 12.1. The van der Waals surface area contributed by atoms with E-state index in [4.69, 9.17) is 9.47 Å². The lowest BCUT2D eigenvalue weighted by atomic mass is 9.72. The van der Waals surface area contributed by atoms with Gasteiger partial charge in [0.05, 0.1) is 18.7 Å². The quantitative estimate of drug-likeness (QED) is 0.235. The van der Waals surface area contributed by atoms with E-state index in [-0.39, 0.29) is 22.7 Å². The number of halogens is 6. The zero-order chi connectivity index (χ0) is 33.8. The predicted molar refractivity (Wildman–Crippen MR) is 164 cm³/mol. The Balaban J connectivity index is 1.50. The summed E-state index contributed by atoms with van der Waals surface area (Å²) in [4.78, 5) is 20.2. The number of benzene rings is 2. The van der Waals surface area contributed by atoms with Gasteiger partial charge in [-0.1, -0.05) is 25.5 Å². The molecule has 1 aromatic heterocycles. The Labute approximate surface area is 267 Å². The number of nitrogens with zero attached hydrogens (tertiary/aromatic N) is 3. The molecule has 1 saturated heterocycles. The molecule has 2 aromatic carbocycles. The smallest absolute Gasteiger partial charge is 0.434 e. The van der Waals surface area contributed by atoms with Crippen molar-refractivity contribution in [2.45, 2.75) is 71.5 Å². The fourth-order valence-electron chi connectivity index (χ4n) is 6.19. The number of hydrogen-bond donors (Lipinski definition) is 0. The molecular formula is C33H35F6N3O3S. The lowest BCUT2D eigenvalue weighted by Crippen LogP contribution is -2.35. The number of anilines is 2. The van der Waals surface area contributed by atoms with Gasteiger partial charge in [-0.05, 0) is 85.6 Å². The third-order valence-electron chi connectivity index (χ3n) is 8.64. The van der Waals surface area contributed by atoms with E-state index in [0.29, 0.717) is 29.8 Å². The number of alkyl halides is 6. The first-order valence-corrected chi connectivity index (χ1v) is 15.6. The van der Waals surface area contributed by atoms with Gasteiger partial charge < -0.3 is 14.4 Å². The van der Waals surface area contributed by atoms with Crippen molar-refractivity contribution < 1.29 is 40.6 Å². The van der Waals surface area contributed by atoms with Crippen LogP contribution in [-0.4, -0.2) is 42.7 Å². The van der Waals surface area contributed by atoms with Crippen LogP contribution in [0.4, 0.5) is 42.0 Å². The van der Waals surface area contributed by atoms with Crippen LogP contribution in [0.25, 0.3) is 5.57 Å². The topological polar surface area (TPSA) is 54.9 Å². The number of ether oxygens (including phenoxy) is 2. The standard InChI is InChI=1S/C33H35F6N3O3S/c1-18-11-20(13-22(12-18)32(34,35)36)28-19(2)42(30(43)45-28)16-21-15-31(3,4)10-9-24(21)25-14-23(7-8-26(25)44-6)41(5)29-40-27(17-46-29)33(37,38)39/h7-8,11-14,17,19,28H,9-10,15-16H2,1-6H3/t19-,28-/m0/s1. The largest absolute Gasteiger partial charge is 0.496 e. The number of allylic oxidation sites excluding steroid dienone is 1. The number of cyclic esters (lactones) is 1. The molecule has 2 heterocycles. The molecule has 46 heavy (non-hydrogen) atoms. The minimum atomic E-state index is -4.55. The Morgan fingerprint density at radius 2 is 1.83 bits per heavy atom. The molecule has 0 spiro atoms. The number of carbonyl (C=O) groups excluding carboxylic acids is 1. The summed E-state index contributed by atoms with van der Waals surface area (Å²) in [5.74, 6) is 0.564. The van der Waals surface area contributed by atoms with Crippen LogP contribution in [0.3, 0.4) is 0 Å². The molecule has 3 aromatic rings. The molecule has 0 saturated carbocycles. The number of rotatable bonds is 7. The average Bonchev–Trinajstić information content (AvgIpc) is 3.57. The highest BCUT2D eigenvalue weighted by atomic mass is 32.1. The Hall–Kier alpha value is -3.74. The summed E-state index contributed by atoms with van der Waals surface area (Å²) in [5, 5.41) is 1.15. The molecule has 1 aliphatic heterocycles. The maximum atomic E-state index is 13.6. The van der Waals surface area contributed by atoms with Gasteiger partial charge in [-0.2, -0.15) is 26.3 Å². The second-order valence-electron chi connectivity index (χ2n) is 12.7. The number of amides is 1. The molecule has 2 aliphatic rings. The Bertz CT molecular complexity index is 1660. The maximum absolute atomic E-state index is 13.6. The number of aromatic nitrogens is 1. The van der Waals surface area contributed by atoms with Crippen LogP contribution in [0.5, 0.6) is 5.75 Å². The van der Waals surface area contributed by atoms with Crippen molar-refractivity contribution in [3.8, 4) is 5.75 Å². The number of hydrogen-bond acceptors (Lipinski definition) is 6. The fraction of sp³-hybridized carbons (Fsp3) is 0.455. The molecule has 2 atom stereocenters. The first-order chi connectivity index (χ1) is 21.4. The number of aryl methyl sites for hydroxylation is 1. The molecule has 13 heteroatoms. The number of carbonyl (C=O) groups is 1. The van der Waals surface area contributed by atoms with Crippen molar-refractivity contribution in [1.29, 1.82) is 0 Å². The molecule has 1 amide bonds. The van der Waals surface area contributed by atoms with Gasteiger partial charge in [0, 0.05) is 30.2 Å². The van der Waals surface area contributed by atoms with Gasteiger partial charge in [-0.15, -0.1) is 11.3 Å². The Morgan fingerprint density at radius 1 is 1.11 bits per heavy atom. The van der Waals surface area contributed by atoms with Gasteiger partial charge >= 0.3 is 18.4 Å². The van der Waals surface area contributed by atoms with Crippen LogP contribution < -0.4 is 9.64 Å². The summed E-state index contributed by atoms with van der Waals surface area (Å²) < 4.78 is 91.8. The number of thiazole rings is 1. The van der Waals surface area contributed by atoms with E-state index in [0.717, 1.165) is 52.0 Å². The summed E-state index contributed by atoms with van der Waals surface area (Å²) >= 11 is 0.885. The zero-order valence-electron chi connectivity index (χ0n) is 26.3. The molecule has 248 valence electrons. The van der Waals surface area contributed by atoms with Gasteiger partial charge in [0.25, 0.3) is 0 Å². The van der Waals surface area contributed by atoms with Gasteiger partial charge in [0.15, 0.2) is 10.8 Å². The van der Waals surface area contributed by atoms with Crippen LogP contribution in [0.2, 0.25) is 0 Å². The van der Waals surface area contributed by atoms with Gasteiger partial charge in [0.2, 0.25) is 0 Å². The fourth-order valence-corrected chi connectivity index (χ4v) is 7.01. The summed E-state index contributed by atoms with van der Waals surface area (Å²) in [6.45, 7) is 7.79. The summed E-state index contributed by atoms with van der Waals surface area (Å²) in [7, 11) is 3.18. The zero-order valence-corrected chi connectivity index (χ0v) is 27.1. The Morgan fingerprint density at radius 3 is 2.46 bits per heavy atom. The summed E-state index contributed by atoms with van der Waals surface area (Å²) in [6, 6.07) is 8.49. The summed E-state index contributed by atoms with van der Waals surface area (Å²) in [5.41, 5.74) is 2.08. The molecule has 6 nitrogen and oxygen atoms in total. The molecule has 0 radical (unpaired) electrons. The van der Waals surface area contributed by atoms with Crippen molar-refractivity contribution >= 4 is 33.8 Å². The predicted octanol–water partition coefficient (Wildman–Crippen LogP) is 9.81. The molecule has 0 unspecified atom stereocenters. The van der Waals surface area contributed by atoms with Crippen molar-refractivity contribution in [3.05, 3.63) is 75.3 Å². The van der Waals surface area contributed by atoms with Gasteiger partial charge in [0.1, 0.15) is 11.9 Å². The van der Waals surface area contributed by atoms with Gasteiger partial charge in [-0.25, -0.2) is 9.78 Å². The van der Waals surface area contributed by atoms with E-state index in [9.17, 15) is 31.1 Å². The minimum absolute atomic E-state index is 0.0974.